The van der Waals surface area contributed by atoms with Crippen LogP contribution in [0, 0.1) is 11.8 Å². The van der Waals surface area contributed by atoms with E-state index in [4.69, 9.17) is 0 Å². The maximum absolute atomic E-state index is 13.0. The molecule has 1 heterocycles. The molecule has 6 nitrogen and oxygen atoms in total. The number of benzene rings is 1. The molecule has 3 aliphatic rings. The van der Waals surface area contributed by atoms with Crippen molar-refractivity contribution in [3.05, 3.63) is 29.8 Å². The summed E-state index contributed by atoms with van der Waals surface area (Å²) in [6, 6.07) is 7.26. The molecule has 7 heteroatoms. The number of imide groups is 1. The lowest BCUT2D eigenvalue weighted by Crippen LogP contribution is -2.46. The van der Waals surface area contributed by atoms with E-state index in [1.54, 1.807) is 6.92 Å². The first-order valence-corrected chi connectivity index (χ1v) is 11.6. The Bertz CT molecular complexity index is 814. The number of hydrogen-bond acceptors (Lipinski definition) is 4. The van der Waals surface area contributed by atoms with Crippen LogP contribution in [0.4, 0.5) is 4.79 Å². The van der Waals surface area contributed by atoms with Gasteiger partial charge in [0.2, 0.25) is 0 Å². The fourth-order valence-electron chi connectivity index (χ4n) is 4.95. The third kappa shape index (κ3) is 4.44. The third-order valence-corrected chi connectivity index (χ3v) is 8.03. The van der Waals surface area contributed by atoms with Crippen LogP contribution in [0.1, 0.15) is 62.2 Å². The number of amides is 4. The van der Waals surface area contributed by atoms with Gasteiger partial charge < -0.3 is 10.6 Å². The van der Waals surface area contributed by atoms with Gasteiger partial charge in [0.1, 0.15) is 5.54 Å². The largest absolute Gasteiger partial charge is 0.349 e. The summed E-state index contributed by atoms with van der Waals surface area (Å²) in [5.74, 6) is 1.60. The van der Waals surface area contributed by atoms with E-state index < -0.39 is 11.6 Å². The van der Waals surface area contributed by atoms with E-state index in [9.17, 15) is 14.4 Å². The summed E-state index contributed by atoms with van der Waals surface area (Å²) in [5.41, 5.74) is -0.332. The molecule has 156 valence electrons. The Morgan fingerprint density at radius 1 is 1.14 bits per heavy atom. The first-order valence-electron chi connectivity index (χ1n) is 10.6. The monoisotopic (exact) mass is 415 g/mol. The molecule has 4 atom stereocenters. The molecule has 1 aromatic rings. The van der Waals surface area contributed by atoms with Crippen molar-refractivity contribution in [2.45, 2.75) is 68.3 Å². The number of carbonyl (C=O) groups is 3. The lowest BCUT2D eigenvalue weighted by molar-refractivity contribution is -0.122. The number of thioether (sulfide) groups is 1. The van der Waals surface area contributed by atoms with E-state index in [2.05, 4.69) is 16.0 Å². The highest BCUT2D eigenvalue weighted by Crippen LogP contribution is 2.40. The van der Waals surface area contributed by atoms with Crippen molar-refractivity contribution in [3.63, 3.8) is 0 Å². The van der Waals surface area contributed by atoms with E-state index in [0.29, 0.717) is 11.3 Å². The number of carbonyl (C=O) groups excluding carboxylic acids is 3. The molecule has 0 radical (unpaired) electrons. The Kier molecular flexibility index (Phi) is 5.86. The molecule has 1 aromatic carbocycles. The Hall–Kier alpha value is -2.02. The number of urea groups is 1. The average Bonchev–Trinajstić information content (AvgIpc) is 2.98. The zero-order valence-electron chi connectivity index (χ0n) is 16.8. The van der Waals surface area contributed by atoms with Gasteiger partial charge in [0.15, 0.2) is 0 Å². The maximum atomic E-state index is 13.0. The van der Waals surface area contributed by atoms with Crippen LogP contribution in [-0.4, -0.2) is 35.2 Å². The van der Waals surface area contributed by atoms with Crippen LogP contribution in [-0.2, 0) is 4.79 Å². The summed E-state index contributed by atoms with van der Waals surface area (Å²) >= 11 is 1.42. The lowest BCUT2D eigenvalue weighted by atomic mass is 9.69. The molecule has 1 saturated heterocycles. The highest BCUT2D eigenvalue weighted by molar-refractivity contribution is 7.99. The van der Waals surface area contributed by atoms with Gasteiger partial charge in [-0.15, -0.1) is 11.8 Å². The van der Waals surface area contributed by atoms with E-state index in [0.717, 1.165) is 29.6 Å². The summed E-state index contributed by atoms with van der Waals surface area (Å²) in [6.45, 7) is 1.70. The Morgan fingerprint density at radius 3 is 2.66 bits per heavy atom. The first-order chi connectivity index (χ1) is 13.9. The number of fused-ring (bicyclic) bond motifs is 1. The standard InChI is InChI=1S/C22H29N3O3S/c1-22(20(27)24-21(28)25-22)13-29-18-9-5-4-8-17(18)19(26)23-16-11-10-14-6-2-3-7-15(14)12-16/h4-5,8-9,14-16H,2-3,6-7,10-13H2,1H3,(H,23,26)(H2,24,25,27,28)/t14-,15-,16+,22+/m0/s1. The van der Waals surface area contributed by atoms with Crippen LogP contribution in [0.5, 0.6) is 0 Å². The Morgan fingerprint density at radius 2 is 1.90 bits per heavy atom. The average molecular weight is 416 g/mol. The van der Waals surface area contributed by atoms with Crippen molar-refractivity contribution in [2.75, 3.05) is 5.75 Å². The van der Waals surface area contributed by atoms with Crippen molar-refractivity contribution in [1.82, 2.24) is 16.0 Å². The molecular weight excluding hydrogens is 386 g/mol. The van der Waals surface area contributed by atoms with E-state index >= 15 is 0 Å². The van der Waals surface area contributed by atoms with E-state index in [1.165, 1.54) is 43.9 Å². The third-order valence-electron chi connectivity index (χ3n) is 6.64. The van der Waals surface area contributed by atoms with Crippen molar-refractivity contribution in [2.24, 2.45) is 11.8 Å². The predicted molar refractivity (Wildman–Crippen MR) is 113 cm³/mol. The minimum Gasteiger partial charge on any atom is -0.349 e. The zero-order chi connectivity index (χ0) is 20.4. The summed E-state index contributed by atoms with van der Waals surface area (Å²) < 4.78 is 0. The summed E-state index contributed by atoms with van der Waals surface area (Å²) in [4.78, 5) is 37.3. The first kappa shape index (κ1) is 20.3. The van der Waals surface area contributed by atoms with Gasteiger partial charge in [-0.1, -0.05) is 37.8 Å². The highest BCUT2D eigenvalue weighted by Gasteiger charge is 2.42. The van der Waals surface area contributed by atoms with Gasteiger partial charge in [-0.3, -0.25) is 14.9 Å². The van der Waals surface area contributed by atoms with Crippen LogP contribution in [0.2, 0.25) is 0 Å². The fraction of sp³-hybridized carbons (Fsp3) is 0.591. The molecule has 4 rings (SSSR count). The predicted octanol–water partition coefficient (Wildman–Crippen LogP) is 3.47. The summed E-state index contributed by atoms with van der Waals surface area (Å²) in [7, 11) is 0. The minimum atomic E-state index is -0.968. The van der Waals surface area contributed by atoms with Gasteiger partial charge in [0.05, 0.1) is 5.56 Å². The molecule has 3 fully saturated rings. The molecule has 0 spiro atoms. The van der Waals surface area contributed by atoms with E-state index in [1.807, 2.05) is 24.3 Å². The van der Waals surface area contributed by atoms with Crippen molar-refractivity contribution < 1.29 is 14.4 Å². The maximum Gasteiger partial charge on any atom is 0.322 e. The van der Waals surface area contributed by atoms with Crippen molar-refractivity contribution in [1.29, 1.82) is 0 Å². The van der Waals surface area contributed by atoms with Gasteiger partial charge in [-0.2, -0.15) is 0 Å². The molecule has 1 aliphatic heterocycles. The fourth-order valence-corrected chi connectivity index (χ4v) is 6.09. The second kappa shape index (κ2) is 8.38. The summed E-state index contributed by atoms with van der Waals surface area (Å²) in [6.07, 6.45) is 8.72. The van der Waals surface area contributed by atoms with Crippen molar-refractivity contribution in [3.8, 4) is 0 Å². The van der Waals surface area contributed by atoms with Gasteiger partial charge >= 0.3 is 6.03 Å². The molecular formula is C22H29N3O3S. The van der Waals surface area contributed by atoms with Crippen LogP contribution < -0.4 is 16.0 Å². The molecule has 2 saturated carbocycles. The van der Waals surface area contributed by atoms with Gasteiger partial charge in [-0.05, 0) is 50.2 Å². The van der Waals surface area contributed by atoms with Crippen molar-refractivity contribution >= 4 is 29.6 Å². The molecule has 0 bridgehead atoms. The second-order valence-corrected chi connectivity index (χ2v) is 9.83. The molecule has 4 amide bonds. The van der Waals surface area contributed by atoms with Crippen LogP contribution in [0.3, 0.4) is 0 Å². The van der Waals surface area contributed by atoms with Crippen LogP contribution in [0.25, 0.3) is 0 Å². The molecule has 29 heavy (non-hydrogen) atoms. The second-order valence-electron chi connectivity index (χ2n) is 8.81. The number of nitrogens with one attached hydrogen (secondary N) is 3. The Balaban J connectivity index is 1.39. The minimum absolute atomic E-state index is 0.0441. The topological polar surface area (TPSA) is 87.3 Å². The molecule has 2 aliphatic carbocycles. The summed E-state index contributed by atoms with van der Waals surface area (Å²) in [5, 5.41) is 8.21. The zero-order valence-corrected chi connectivity index (χ0v) is 17.6. The van der Waals surface area contributed by atoms with Crippen LogP contribution in [0.15, 0.2) is 29.2 Å². The van der Waals surface area contributed by atoms with Gasteiger partial charge in [0.25, 0.3) is 11.8 Å². The van der Waals surface area contributed by atoms with Crippen LogP contribution >= 0.6 is 11.8 Å². The molecule has 0 aromatic heterocycles. The Labute approximate surface area is 176 Å². The SMILES string of the molecule is C[C@]1(CSc2ccccc2C(=O)N[C@@H]2CC[C@@H]3CCCC[C@H]3C2)NC(=O)NC1=O. The normalized spacial score (nSPS) is 31.6. The van der Waals surface area contributed by atoms with E-state index in [-0.39, 0.29) is 17.9 Å². The van der Waals surface area contributed by atoms with Gasteiger partial charge in [0, 0.05) is 16.7 Å². The smallest absolute Gasteiger partial charge is 0.322 e. The highest BCUT2D eigenvalue weighted by atomic mass is 32.2. The number of hydrogen-bond donors (Lipinski definition) is 3. The number of rotatable bonds is 5. The quantitative estimate of drug-likeness (QED) is 0.508. The molecule has 3 N–H and O–H groups in total. The lowest BCUT2D eigenvalue weighted by Gasteiger charge is -2.39. The van der Waals surface area contributed by atoms with Gasteiger partial charge in [-0.25, -0.2) is 4.79 Å². The molecule has 0 unspecified atom stereocenters.